The van der Waals surface area contributed by atoms with Gasteiger partial charge in [-0.3, -0.25) is 0 Å². The smallest absolute Gasteiger partial charge is 0.126 e. The van der Waals surface area contributed by atoms with Gasteiger partial charge < -0.3 is 15.4 Å². The van der Waals surface area contributed by atoms with Gasteiger partial charge in [0.25, 0.3) is 0 Å². The quantitative estimate of drug-likeness (QED) is 0.919. The van der Waals surface area contributed by atoms with Crippen molar-refractivity contribution in [3.05, 3.63) is 28.8 Å². The molecule has 0 saturated heterocycles. The number of fused-ring (bicyclic) bond motifs is 1. The standard InChI is InChI=1S/C17H28N2O/c1-13-6-7-15-16(14(13)2)20-11-5-8-17(15,12-18)9-10-19(3)4/h6-7H,5,8-12,18H2,1-4H3. The predicted octanol–water partition coefficient (Wildman–Crippen LogP) is 2.62. The summed E-state index contributed by atoms with van der Waals surface area (Å²) in [5, 5.41) is 0. The van der Waals surface area contributed by atoms with E-state index in [9.17, 15) is 0 Å². The summed E-state index contributed by atoms with van der Waals surface area (Å²) in [5.41, 5.74) is 10.2. The second-order valence-corrected chi connectivity index (χ2v) is 6.37. The summed E-state index contributed by atoms with van der Waals surface area (Å²) in [4.78, 5) is 2.24. The topological polar surface area (TPSA) is 38.5 Å². The largest absolute Gasteiger partial charge is 0.493 e. The van der Waals surface area contributed by atoms with E-state index in [1.54, 1.807) is 0 Å². The molecule has 0 aromatic heterocycles. The van der Waals surface area contributed by atoms with Crippen LogP contribution in [0.5, 0.6) is 5.75 Å². The number of nitrogens with two attached hydrogens (primary N) is 1. The van der Waals surface area contributed by atoms with E-state index < -0.39 is 0 Å². The van der Waals surface area contributed by atoms with Crippen LogP contribution in [0.4, 0.5) is 0 Å². The molecular weight excluding hydrogens is 248 g/mol. The van der Waals surface area contributed by atoms with Crippen LogP contribution >= 0.6 is 0 Å². The van der Waals surface area contributed by atoms with E-state index in [4.69, 9.17) is 10.5 Å². The zero-order valence-electron chi connectivity index (χ0n) is 13.3. The number of hydrogen-bond donors (Lipinski definition) is 1. The molecule has 0 saturated carbocycles. The van der Waals surface area contributed by atoms with Gasteiger partial charge in [-0.05, 0) is 64.9 Å². The van der Waals surface area contributed by atoms with Crippen molar-refractivity contribution in [2.45, 2.75) is 38.5 Å². The number of rotatable bonds is 4. The Labute approximate surface area is 123 Å². The predicted molar refractivity (Wildman–Crippen MR) is 84.5 cm³/mol. The zero-order chi connectivity index (χ0) is 14.8. The SMILES string of the molecule is Cc1ccc2c(c1C)OCCCC2(CN)CCN(C)C. The van der Waals surface area contributed by atoms with Crippen molar-refractivity contribution >= 4 is 0 Å². The average molecular weight is 276 g/mol. The van der Waals surface area contributed by atoms with E-state index in [0.29, 0.717) is 6.54 Å². The fourth-order valence-electron chi connectivity index (χ4n) is 3.12. The molecule has 2 rings (SSSR count). The molecule has 0 spiro atoms. The van der Waals surface area contributed by atoms with Crippen molar-refractivity contribution in [3.63, 3.8) is 0 Å². The molecule has 1 aliphatic heterocycles. The monoisotopic (exact) mass is 276 g/mol. The Hall–Kier alpha value is -1.06. The van der Waals surface area contributed by atoms with Crippen LogP contribution in [0.3, 0.4) is 0 Å². The van der Waals surface area contributed by atoms with Crippen LogP contribution < -0.4 is 10.5 Å². The third-order valence-corrected chi connectivity index (χ3v) is 4.72. The van der Waals surface area contributed by atoms with Crippen LogP contribution in [-0.2, 0) is 5.41 Å². The normalized spacial score (nSPS) is 22.3. The maximum absolute atomic E-state index is 6.22. The summed E-state index contributed by atoms with van der Waals surface area (Å²) in [6.07, 6.45) is 3.29. The molecule has 3 nitrogen and oxygen atoms in total. The van der Waals surface area contributed by atoms with Crippen molar-refractivity contribution in [2.24, 2.45) is 5.73 Å². The summed E-state index contributed by atoms with van der Waals surface area (Å²) >= 11 is 0. The molecular formula is C17H28N2O. The lowest BCUT2D eigenvalue weighted by atomic mass is 9.73. The highest BCUT2D eigenvalue weighted by Crippen LogP contribution is 2.42. The fourth-order valence-corrected chi connectivity index (χ4v) is 3.12. The van der Waals surface area contributed by atoms with E-state index in [-0.39, 0.29) is 5.41 Å². The van der Waals surface area contributed by atoms with Gasteiger partial charge in [-0.25, -0.2) is 0 Å². The Morgan fingerprint density at radius 3 is 2.70 bits per heavy atom. The first-order valence-corrected chi connectivity index (χ1v) is 7.58. The highest BCUT2D eigenvalue weighted by atomic mass is 16.5. The highest BCUT2D eigenvalue weighted by Gasteiger charge is 2.35. The van der Waals surface area contributed by atoms with Gasteiger partial charge in [0.15, 0.2) is 0 Å². The second kappa shape index (κ2) is 6.15. The van der Waals surface area contributed by atoms with Crippen LogP contribution in [0.15, 0.2) is 12.1 Å². The molecule has 3 heteroatoms. The molecule has 1 unspecified atom stereocenters. The van der Waals surface area contributed by atoms with Crippen LogP contribution in [0.1, 0.15) is 36.0 Å². The van der Waals surface area contributed by atoms with Crippen molar-refractivity contribution in [1.29, 1.82) is 0 Å². The lowest BCUT2D eigenvalue weighted by molar-refractivity contribution is 0.290. The molecule has 1 aliphatic rings. The van der Waals surface area contributed by atoms with Gasteiger partial charge >= 0.3 is 0 Å². The van der Waals surface area contributed by atoms with Crippen LogP contribution in [0.2, 0.25) is 0 Å². The summed E-state index contributed by atoms with van der Waals surface area (Å²) in [6, 6.07) is 4.45. The molecule has 1 aromatic rings. The van der Waals surface area contributed by atoms with E-state index in [0.717, 1.165) is 38.2 Å². The van der Waals surface area contributed by atoms with Crippen LogP contribution in [-0.4, -0.2) is 38.7 Å². The van der Waals surface area contributed by atoms with E-state index in [1.165, 1.54) is 16.7 Å². The van der Waals surface area contributed by atoms with Gasteiger partial charge in [0.1, 0.15) is 5.75 Å². The first-order valence-electron chi connectivity index (χ1n) is 7.58. The van der Waals surface area contributed by atoms with Gasteiger partial charge in [-0.2, -0.15) is 0 Å². The van der Waals surface area contributed by atoms with Gasteiger partial charge in [-0.15, -0.1) is 0 Å². The minimum Gasteiger partial charge on any atom is -0.493 e. The van der Waals surface area contributed by atoms with Crippen LogP contribution in [0.25, 0.3) is 0 Å². The van der Waals surface area contributed by atoms with E-state index >= 15 is 0 Å². The summed E-state index contributed by atoms with van der Waals surface area (Å²) in [7, 11) is 4.25. The molecule has 2 N–H and O–H groups in total. The van der Waals surface area contributed by atoms with Crippen molar-refractivity contribution in [1.82, 2.24) is 4.90 Å². The fraction of sp³-hybridized carbons (Fsp3) is 0.647. The molecule has 0 aliphatic carbocycles. The Morgan fingerprint density at radius 1 is 1.30 bits per heavy atom. The molecule has 0 radical (unpaired) electrons. The van der Waals surface area contributed by atoms with Gasteiger partial charge in [-0.1, -0.05) is 12.1 Å². The number of ether oxygens (including phenoxy) is 1. The van der Waals surface area contributed by atoms with Gasteiger partial charge in [0, 0.05) is 17.5 Å². The molecule has 0 amide bonds. The maximum Gasteiger partial charge on any atom is 0.126 e. The molecule has 1 heterocycles. The first-order chi connectivity index (χ1) is 9.50. The van der Waals surface area contributed by atoms with Crippen molar-refractivity contribution in [2.75, 3.05) is 33.8 Å². The minimum atomic E-state index is 0.0641. The summed E-state index contributed by atoms with van der Waals surface area (Å²) < 4.78 is 6.05. The lowest BCUT2D eigenvalue weighted by Crippen LogP contribution is -2.38. The third kappa shape index (κ3) is 2.84. The van der Waals surface area contributed by atoms with Gasteiger partial charge in [0.2, 0.25) is 0 Å². The molecule has 0 fully saturated rings. The Bertz CT molecular complexity index is 470. The minimum absolute atomic E-state index is 0.0641. The Morgan fingerprint density at radius 2 is 2.05 bits per heavy atom. The highest BCUT2D eigenvalue weighted by molar-refractivity contribution is 5.49. The first kappa shape index (κ1) is 15.3. The van der Waals surface area contributed by atoms with Crippen molar-refractivity contribution < 1.29 is 4.74 Å². The van der Waals surface area contributed by atoms with Gasteiger partial charge in [0.05, 0.1) is 6.61 Å². The molecule has 1 atom stereocenters. The van der Waals surface area contributed by atoms with Crippen LogP contribution in [0, 0.1) is 13.8 Å². The number of aryl methyl sites for hydroxylation is 1. The lowest BCUT2D eigenvalue weighted by Gasteiger charge is -2.34. The Kier molecular flexibility index (Phi) is 4.71. The Balaban J connectivity index is 2.46. The summed E-state index contributed by atoms with van der Waals surface area (Å²) in [5.74, 6) is 1.09. The molecule has 20 heavy (non-hydrogen) atoms. The molecule has 112 valence electrons. The van der Waals surface area contributed by atoms with E-state index in [2.05, 4.69) is 45.0 Å². The maximum atomic E-state index is 6.22. The number of hydrogen-bond acceptors (Lipinski definition) is 3. The van der Waals surface area contributed by atoms with E-state index in [1.807, 2.05) is 0 Å². The summed E-state index contributed by atoms with van der Waals surface area (Å²) in [6.45, 7) is 6.87. The number of nitrogens with zero attached hydrogens (tertiary/aromatic N) is 1. The zero-order valence-corrected chi connectivity index (χ0v) is 13.3. The average Bonchev–Trinajstić information content (AvgIpc) is 2.61. The third-order valence-electron chi connectivity index (χ3n) is 4.72. The molecule has 1 aromatic carbocycles. The number of benzene rings is 1. The molecule has 0 bridgehead atoms. The second-order valence-electron chi connectivity index (χ2n) is 6.37. The van der Waals surface area contributed by atoms with Crippen molar-refractivity contribution in [3.8, 4) is 5.75 Å².